The fourth-order valence-corrected chi connectivity index (χ4v) is 4.44. The van der Waals surface area contributed by atoms with Gasteiger partial charge in [-0.2, -0.15) is 0 Å². The second-order valence-corrected chi connectivity index (χ2v) is 8.43. The topological polar surface area (TPSA) is 72.0 Å². The normalized spacial score (nSPS) is 11.3. The summed E-state index contributed by atoms with van der Waals surface area (Å²) in [6.45, 7) is 0. The molecule has 0 atom stereocenters. The molecule has 0 aliphatic carbocycles. The van der Waals surface area contributed by atoms with E-state index in [1.54, 1.807) is 24.4 Å². The maximum atomic E-state index is 13.0. The summed E-state index contributed by atoms with van der Waals surface area (Å²) in [5, 5.41) is 2.69. The van der Waals surface area contributed by atoms with Crippen LogP contribution in [0.5, 0.6) is 0 Å². The van der Waals surface area contributed by atoms with Crippen molar-refractivity contribution in [1.29, 1.82) is 0 Å². The van der Waals surface area contributed by atoms with Gasteiger partial charge in [0.15, 0.2) is 0 Å². The van der Waals surface area contributed by atoms with E-state index in [-0.39, 0.29) is 4.90 Å². The number of halogens is 1. The van der Waals surface area contributed by atoms with Gasteiger partial charge < -0.3 is 0 Å². The molecule has 8 heteroatoms. The minimum Gasteiger partial charge on any atom is -0.280 e. The molecule has 0 spiro atoms. The number of nitrogens with zero attached hydrogens (tertiary/aromatic N) is 2. The van der Waals surface area contributed by atoms with E-state index >= 15 is 0 Å². The highest BCUT2D eigenvalue weighted by Gasteiger charge is 2.15. The van der Waals surface area contributed by atoms with Gasteiger partial charge in [0.1, 0.15) is 10.8 Å². The Bertz CT molecular complexity index is 1210. The third-order valence-corrected chi connectivity index (χ3v) is 6.18. The van der Waals surface area contributed by atoms with Crippen molar-refractivity contribution in [3.8, 4) is 22.0 Å². The first-order chi connectivity index (χ1) is 13.5. The monoisotopic (exact) mass is 411 g/mol. The van der Waals surface area contributed by atoms with Crippen LogP contribution in [0.3, 0.4) is 0 Å². The summed E-state index contributed by atoms with van der Waals surface area (Å²) in [5.41, 5.74) is 2.69. The molecular weight excluding hydrogens is 397 g/mol. The van der Waals surface area contributed by atoms with E-state index in [1.807, 2.05) is 29.6 Å². The van der Waals surface area contributed by atoms with Crippen LogP contribution < -0.4 is 4.72 Å². The highest BCUT2D eigenvalue weighted by molar-refractivity contribution is 7.92. The quantitative estimate of drug-likeness (QED) is 0.511. The zero-order valence-corrected chi connectivity index (χ0v) is 16.0. The molecule has 0 aliphatic rings. The second kappa shape index (κ2) is 7.49. The predicted octanol–water partition coefficient (Wildman–Crippen LogP) is 4.81. The Labute approximate surface area is 165 Å². The molecule has 2 heterocycles. The molecule has 5 nitrogen and oxygen atoms in total. The number of hydrogen-bond acceptors (Lipinski definition) is 5. The standard InChI is InChI=1S/C20H14FN3O2S2/c21-15-7-9-17(10-8-15)28(25,26)24-16-5-3-4-14(12-16)19-13-27-20(23-19)18-6-1-2-11-22-18/h1-13,24H. The van der Waals surface area contributed by atoms with Crippen molar-refractivity contribution in [3.63, 3.8) is 0 Å². The lowest BCUT2D eigenvalue weighted by molar-refractivity contribution is 0.599. The van der Waals surface area contributed by atoms with Gasteiger partial charge in [-0.25, -0.2) is 17.8 Å². The highest BCUT2D eigenvalue weighted by Crippen LogP contribution is 2.29. The number of anilines is 1. The van der Waals surface area contributed by atoms with E-state index in [0.29, 0.717) is 5.69 Å². The third-order valence-electron chi connectivity index (χ3n) is 3.92. The van der Waals surface area contributed by atoms with Crippen LogP contribution in [0.25, 0.3) is 22.0 Å². The van der Waals surface area contributed by atoms with Gasteiger partial charge in [0.2, 0.25) is 0 Å². The minimum absolute atomic E-state index is 0.00889. The lowest BCUT2D eigenvalue weighted by atomic mass is 10.1. The minimum atomic E-state index is -3.81. The number of pyridine rings is 1. The number of sulfonamides is 1. The van der Waals surface area contributed by atoms with Gasteiger partial charge in [-0.1, -0.05) is 18.2 Å². The number of benzene rings is 2. The van der Waals surface area contributed by atoms with Crippen LogP contribution in [0.4, 0.5) is 10.1 Å². The summed E-state index contributed by atoms with van der Waals surface area (Å²) in [7, 11) is -3.81. The van der Waals surface area contributed by atoms with Gasteiger partial charge in [-0.15, -0.1) is 11.3 Å². The van der Waals surface area contributed by atoms with Crippen molar-refractivity contribution >= 4 is 27.0 Å². The van der Waals surface area contributed by atoms with Gasteiger partial charge in [0, 0.05) is 22.8 Å². The first-order valence-electron chi connectivity index (χ1n) is 8.27. The Balaban J connectivity index is 1.60. The van der Waals surface area contributed by atoms with E-state index in [9.17, 15) is 12.8 Å². The second-order valence-electron chi connectivity index (χ2n) is 5.89. The average Bonchev–Trinajstić information content (AvgIpc) is 3.19. The fraction of sp³-hybridized carbons (Fsp3) is 0. The number of rotatable bonds is 5. The Morgan fingerprint density at radius 1 is 0.929 bits per heavy atom. The summed E-state index contributed by atoms with van der Waals surface area (Å²) < 4.78 is 40.5. The molecule has 2 aromatic carbocycles. The summed E-state index contributed by atoms with van der Waals surface area (Å²) in [4.78, 5) is 8.88. The Morgan fingerprint density at radius 2 is 1.75 bits per heavy atom. The zero-order chi connectivity index (χ0) is 19.6. The Kier molecular flexibility index (Phi) is 4.89. The van der Waals surface area contributed by atoms with Crippen molar-refractivity contribution < 1.29 is 12.8 Å². The summed E-state index contributed by atoms with van der Waals surface area (Å²) in [6, 6.07) is 17.2. The van der Waals surface area contributed by atoms with E-state index in [0.717, 1.165) is 34.1 Å². The first kappa shape index (κ1) is 18.3. The molecule has 0 fully saturated rings. The Morgan fingerprint density at radius 3 is 2.50 bits per heavy atom. The van der Waals surface area contributed by atoms with Gasteiger partial charge in [0.05, 0.1) is 16.3 Å². The van der Waals surface area contributed by atoms with Gasteiger partial charge in [0.25, 0.3) is 10.0 Å². The van der Waals surface area contributed by atoms with Crippen molar-refractivity contribution in [2.75, 3.05) is 4.72 Å². The summed E-state index contributed by atoms with van der Waals surface area (Å²) in [5.74, 6) is -0.492. The summed E-state index contributed by atoms with van der Waals surface area (Å²) in [6.07, 6.45) is 1.71. The third kappa shape index (κ3) is 3.92. The van der Waals surface area contributed by atoms with Crippen molar-refractivity contribution in [3.05, 3.63) is 84.1 Å². The smallest absolute Gasteiger partial charge is 0.261 e. The van der Waals surface area contributed by atoms with Gasteiger partial charge in [-0.3, -0.25) is 9.71 Å². The SMILES string of the molecule is O=S(=O)(Nc1cccc(-c2csc(-c3ccccn3)n2)c1)c1ccc(F)cc1. The lowest BCUT2D eigenvalue weighted by Crippen LogP contribution is -2.12. The maximum absolute atomic E-state index is 13.0. The van der Waals surface area contributed by atoms with Crippen LogP contribution in [0.1, 0.15) is 0 Å². The van der Waals surface area contributed by atoms with Crippen LogP contribution in [0.15, 0.2) is 83.2 Å². The molecule has 0 saturated carbocycles. The molecule has 1 N–H and O–H groups in total. The maximum Gasteiger partial charge on any atom is 0.261 e. The van der Waals surface area contributed by atoms with Crippen LogP contribution in [-0.2, 0) is 10.0 Å². The van der Waals surface area contributed by atoms with Crippen molar-refractivity contribution in [2.45, 2.75) is 4.90 Å². The molecule has 0 unspecified atom stereocenters. The molecule has 4 rings (SSSR count). The fourth-order valence-electron chi connectivity index (χ4n) is 2.58. The molecular formula is C20H14FN3O2S2. The van der Waals surface area contributed by atoms with E-state index in [4.69, 9.17) is 0 Å². The van der Waals surface area contributed by atoms with Crippen LogP contribution in [0.2, 0.25) is 0 Å². The molecule has 0 radical (unpaired) electrons. The molecule has 0 amide bonds. The van der Waals surface area contributed by atoms with Crippen LogP contribution in [0, 0.1) is 5.82 Å². The molecule has 4 aromatic rings. The van der Waals surface area contributed by atoms with Crippen molar-refractivity contribution in [2.24, 2.45) is 0 Å². The lowest BCUT2D eigenvalue weighted by Gasteiger charge is -2.09. The molecule has 2 aromatic heterocycles. The molecule has 0 bridgehead atoms. The zero-order valence-electron chi connectivity index (χ0n) is 14.4. The Hall–Kier alpha value is -3.10. The first-order valence-corrected chi connectivity index (χ1v) is 10.6. The average molecular weight is 411 g/mol. The largest absolute Gasteiger partial charge is 0.280 e. The van der Waals surface area contributed by atoms with Crippen LogP contribution in [-0.4, -0.2) is 18.4 Å². The van der Waals surface area contributed by atoms with E-state index < -0.39 is 15.8 Å². The van der Waals surface area contributed by atoms with Crippen LogP contribution >= 0.6 is 11.3 Å². The van der Waals surface area contributed by atoms with Gasteiger partial charge >= 0.3 is 0 Å². The number of nitrogens with one attached hydrogen (secondary N) is 1. The van der Waals surface area contributed by atoms with Crippen molar-refractivity contribution in [1.82, 2.24) is 9.97 Å². The molecule has 28 heavy (non-hydrogen) atoms. The molecule has 0 aliphatic heterocycles. The highest BCUT2D eigenvalue weighted by atomic mass is 32.2. The van der Waals surface area contributed by atoms with Gasteiger partial charge in [-0.05, 0) is 48.5 Å². The number of thiazole rings is 1. The number of aromatic nitrogens is 2. The number of hydrogen-bond donors (Lipinski definition) is 1. The van der Waals surface area contributed by atoms with E-state index in [1.165, 1.54) is 23.5 Å². The van der Waals surface area contributed by atoms with E-state index in [2.05, 4.69) is 14.7 Å². The summed E-state index contributed by atoms with van der Waals surface area (Å²) >= 11 is 1.47. The molecule has 0 saturated heterocycles. The molecule has 140 valence electrons. The predicted molar refractivity (Wildman–Crippen MR) is 108 cm³/mol.